The summed E-state index contributed by atoms with van der Waals surface area (Å²) in [5, 5.41) is 10.8. The van der Waals surface area contributed by atoms with Gasteiger partial charge in [0.1, 0.15) is 5.82 Å². The molecule has 0 bridgehead atoms. The number of imide groups is 1. The third kappa shape index (κ3) is 2.09. The highest BCUT2D eigenvalue weighted by atomic mass is 19.1. The van der Waals surface area contributed by atoms with Crippen LogP contribution in [-0.2, 0) is 9.59 Å². The summed E-state index contributed by atoms with van der Waals surface area (Å²) in [5.74, 6) is -2.51. The largest absolute Gasteiger partial charge is 0.274 e. The molecule has 2 amide bonds. The summed E-state index contributed by atoms with van der Waals surface area (Å²) in [6.45, 7) is 0. The van der Waals surface area contributed by atoms with Gasteiger partial charge in [-0.3, -0.25) is 19.7 Å². The number of amides is 2. The molecule has 0 aromatic heterocycles. The van der Waals surface area contributed by atoms with Crippen molar-refractivity contribution < 1.29 is 18.9 Å². The Balaban J connectivity index is 2.04. The molecule has 1 heterocycles. The topological polar surface area (TPSA) is 80.5 Å². The lowest BCUT2D eigenvalue weighted by molar-refractivity contribution is -0.384. The molecule has 0 unspecified atom stereocenters. The van der Waals surface area contributed by atoms with Crippen LogP contribution in [0.15, 0.2) is 18.2 Å². The molecule has 1 aromatic rings. The van der Waals surface area contributed by atoms with Crippen molar-refractivity contribution >= 4 is 23.2 Å². The smallest absolute Gasteiger partial charge is 0.271 e. The van der Waals surface area contributed by atoms with Gasteiger partial charge in [-0.15, -0.1) is 0 Å². The Morgan fingerprint density at radius 3 is 2.24 bits per heavy atom. The summed E-state index contributed by atoms with van der Waals surface area (Å²) in [4.78, 5) is 35.6. The molecule has 0 N–H and O–H groups in total. The van der Waals surface area contributed by atoms with E-state index in [1.807, 2.05) is 0 Å². The zero-order valence-electron chi connectivity index (χ0n) is 11.1. The van der Waals surface area contributed by atoms with Crippen molar-refractivity contribution in [2.24, 2.45) is 11.8 Å². The second-order valence-electron chi connectivity index (χ2n) is 5.40. The molecular weight excluding hydrogens is 279 g/mol. The summed E-state index contributed by atoms with van der Waals surface area (Å²) in [7, 11) is 0. The molecule has 7 heteroatoms. The molecule has 1 saturated carbocycles. The number of carbonyl (C=O) groups is 2. The maximum absolute atomic E-state index is 13.9. The van der Waals surface area contributed by atoms with Gasteiger partial charge in [0, 0.05) is 12.1 Å². The lowest BCUT2D eigenvalue weighted by Crippen LogP contribution is -2.31. The number of nitrogens with zero attached hydrogens (tertiary/aromatic N) is 2. The fraction of sp³-hybridized carbons (Fsp3) is 0.429. The van der Waals surface area contributed by atoms with Gasteiger partial charge < -0.3 is 0 Å². The van der Waals surface area contributed by atoms with Crippen LogP contribution in [0.3, 0.4) is 0 Å². The second-order valence-corrected chi connectivity index (χ2v) is 5.40. The van der Waals surface area contributed by atoms with Crippen LogP contribution in [0.4, 0.5) is 15.8 Å². The van der Waals surface area contributed by atoms with E-state index in [2.05, 4.69) is 0 Å². The molecule has 1 aliphatic carbocycles. The number of nitro benzene ring substituents is 1. The number of hydrogen-bond acceptors (Lipinski definition) is 4. The lowest BCUT2D eigenvalue weighted by Gasteiger charge is -2.19. The number of benzene rings is 1. The van der Waals surface area contributed by atoms with Crippen molar-refractivity contribution in [3.8, 4) is 0 Å². The van der Waals surface area contributed by atoms with Gasteiger partial charge in [0.2, 0.25) is 11.8 Å². The Morgan fingerprint density at radius 1 is 1.14 bits per heavy atom. The summed E-state index contributed by atoms with van der Waals surface area (Å²) in [6, 6.07) is 2.87. The van der Waals surface area contributed by atoms with Crippen LogP contribution < -0.4 is 4.90 Å². The third-order valence-corrected chi connectivity index (χ3v) is 4.22. The van der Waals surface area contributed by atoms with E-state index in [0.717, 1.165) is 35.9 Å². The van der Waals surface area contributed by atoms with E-state index in [1.54, 1.807) is 0 Å². The zero-order chi connectivity index (χ0) is 15.1. The van der Waals surface area contributed by atoms with Crippen LogP contribution in [0.5, 0.6) is 0 Å². The molecule has 1 aromatic carbocycles. The van der Waals surface area contributed by atoms with Gasteiger partial charge in [-0.25, -0.2) is 9.29 Å². The highest BCUT2D eigenvalue weighted by Gasteiger charge is 2.49. The van der Waals surface area contributed by atoms with Crippen molar-refractivity contribution in [2.45, 2.75) is 25.7 Å². The van der Waals surface area contributed by atoms with Crippen molar-refractivity contribution in [2.75, 3.05) is 4.90 Å². The summed E-state index contributed by atoms with van der Waals surface area (Å²) >= 11 is 0. The van der Waals surface area contributed by atoms with E-state index in [1.165, 1.54) is 0 Å². The van der Waals surface area contributed by atoms with Crippen molar-refractivity contribution in [3.05, 3.63) is 34.1 Å². The molecule has 110 valence electrons. The van der Waals surface area contributed by atoms with Gasteiger partial charge in [0.25, 0.3) is 5.69 Å². The number of halogens is 1. The number of nitro groups is 1. The fourth-order valence-electron chi connectivity index (χ4n) is 3.19. The first-order valence-corrected chi connectivity index (χ1v) is 6.82. The predicted octanol–water partition coefficient (Wildman–Crippen LogP) is 2.41. The molecule has 3 rings (SSSR count). The number of hydrogen-bond donors (Lipinski definition) is 0. The molecular formula is C14H13FN2O4. The van der Waals surface area contributed by atoms with E-state index < -0.39 is 34.4 Å². The van der Waals surface area contributed by atoms with E-state index in [-0.39, 0.29) is 11.4 Å². The van der Waals surface area contributed by atoms with Crippen LogP contribution in [0.25, 0.3) is 0 Å². The molecule has 1 saturated heterocycles. The van der Waals surface area contributed by atoms with Crippen molar-refractivity contribution in [1.82, 2.24) is 0 Å². The van der Waals surface area contributed by atoms with Crippen LogP contribution in [0.1, 0.15) is 25.7 Å². The number of rotatable bonds is 2. The van der Waals surface area contributed by atoms with Gasteiger partial charge in [-0.2, -0.15) is 0 Å². The third-order valence-electron chi connectivity index (χ3n) is 4.22. The van der Waals surface area contributed by atoms with Crippen LogP contribution in [0.2, 0.25) is 0 Å². The molecule has 0 radical (unpaired) electrons. The van der Waals surface area contributed by atoms with Crippen LogP contribution >= 0.6 is 0 Å². The van der Waals surface area contributed by atoms with E-state index in [4.69, 9.17) is 0 Å². The highest BCUT2D eigenvalue weighted by molar-refractivity contribution is 6.22. The molecule has 0 spiro atoms. The minimum Gasteiger partial charge on any atom is -0.274 e. The van der Waals surface area contributed by atoms with Gasteiger partial charge >= 0.3 is 0 Å². The first-order chi connectivity index (χ1) is 10.0. The maximum Gasteiger partial charge on any atom is 0.271 e. The quantitative estimate of drug-likeness (QED) is 0.476. The standard InChI is InChI=1S/C14H13FN2O4/c15-11-6-5-8(17(20)21)7-12(11)16-13(18)9-3-1-2-4-10(9)14(16)19/h5-7,9-10H,1-4H2/t9-,10+. The number of carbonyl (C=O) groups excluding carboxylic acids is 2. The van der Waals surface area contributed by atoms with Gasteiger partial charge in [-0.1, -0.05) is 12.8 Å². The van der Waals surface area contributed by atoms with Gasteiger partial charge in [-0.05, 0) is 18.9 Å². The molecule has 1 aliphatic heterocycles. The molecule has 6 nitrogen and oxygen atoms in total. The summed E-state index contributed by atoms with van der Waals surface area (Å²) in [6.07, 6.45) is 2.96. The maximum atomic E-state index is 13.9. The number of fused-ring (bicyclic) bond motifs is 1. The van der Waals surface area contributed by atoms with Gasteiger partial charge in [0.05, 0.1) is 22.4 Å². The first-order valence-electron chi connectivity index (χ1n) is 6.82. The van der Waals surface area contributed by atoms with Crippen LogP contribution in [-0.4, -0.2) is 16.7 Å². The lowest BCUT2D eigenvalue weighted by atomic mass is 9.81. The monoisotopic (exact) mass is 292 g/mol. The number of non-ortho nitro benzene ring substituents is 1. The van der Waals surface area contributed by atoms with E-state index >= 15 is 0 Å². The highest BCUT2D eigenvalue weighted by Crippen LogP contribution is 2.41. The average molecular weight is 292 g/mol. The number of anilines is 1. The minimum atomic E-state index is -0.805. The Labute approximate surface area is 119 Å². The fourth-order valence-corrected chi connectivity index (χ4v) is 3.19. The summed E-state index contributed by atoms with van der Waals surface area (Å²) < 4.78 is 13.9. The van der Waals surface area contributed by atoms with Crippen molar-refractivity contribution in [3.63, 3.8) is 0 Å². The normalized spacial score (nSPS) is 25.1. The Morgan fingerprint density at radius 2 is 1.71 bits per heavy atom. The SMILES string of the molecule is O=C1[C@H]2CCCC[C@H]2C(=O)N1c1cc([N+](=O)[O-])ccc1F. The zero-order valence-corrected chi connectivity index (χ0v) is 11.1. The Bertz CT molecular complexity index is 622. The molecule has 2 atom stereocenters. The molecule has 21 heavy (non-hydrogen) atoms. The minimum absolute atomic E-state index is 0.311. The Kier molecular flexibility index (Phi) is 3.19. The van der Waals surface area contributed by atoms with Gasteiger partial charge in [0.15, 0.2) is 0 Å². The van der Waals surface area contributed by atoms with Crippen LogP contribution in [0, 0.1) is 27.8 Å². The predicted molar refractivity (Wildman–Crippen MR) is 71.0 cm³/mol. The second kappa shape index (κ2) is 4.91. The molecule has 2 aliphatic rings. The Hall–Kier alpha value is -2.31. The molecule has 2 fully saturated rings. The van der Waals surface area contributed by atoms with Crippen molar-refractivity contribution in [1.29, 1.82) is 0 Å². The first kappa shape index (κ1) is 13.7. The van der Waals surface area contributed by atoms with E-state index in [0.29, 0.717) is 12.8 Å². The summed E-state index contributed by atoms with van der Waals surface area (Å²) in [5.41, 5.74) is -0.657. The average Bonchev–Trinajstić information content (AvgIpc) is 2.72. The van der Waals surface area contributed by atoms with E-state index in [9.17, 15) is 24.1 Å².